The standard InChI is InChI=1S/C58H97N5O41/c1-14(71)59-27-40(84)45(23(10-68)91-51(27)89)99-55-31(63-18(5)75)41(85)46(24(11-69)96-55)101-56-44(88)48(102-58-49(42(86)35(79)22(9-67)95-58)103-53-29(61-16(3)73)38(82)33(77)20(7-65)93-53)36(80)26(98-56)13-90-57-50(104-54-30(62-17(4)74)39(83)34(78)21(8-66)94-54)43(87)47(25(12-70)97-57)100-52-28(60-15(2)72)37(81)32(76)19(6-64)92-52/h19-58,64-70,76-89H,6-13H2,1-5H3,(H,59,71)(H,60,72)(H,61,73)(H,62,74)(H,63,75)/t19-,20-,21-,22-,23-,24-,25-,26-,27-,28-,29-,30-,31-,32-,33-,34-,35-,36-,37-,38-,39-,40-,41-,42+,43+,44+,45-,46-,47-,48+,49+,50+,51+,52+,53+,54+,55+,56+,57+,58-/m1/s1. The van der Waals surface area contributed by atoms with E-state index >= 15 is 0 Å². The van der Waals surface area contributed by atoms with Crippen LogP contribution in [-0.2, 0) is 95.0 Å². The molecule has 8 heterocycles. The molecule has 600 valence electrons. The second kappa shape index (κ2) is 37.5. The Labute approximate surface area is 589 Å². The lowest BCUT2D eigenvalue weighted by atomic mass is 9.93. The van der Waals surface area contributed by atoms with Crippen molar-refractivity contribution in [3.05, 3.63) is 0 Å². The zero-order valence-corrected chi connectivity index (χ0v) is 56.3. The van der Waals surface area contributed by atoms with E-state index in [2.05, 4.69) is 26.6 Å². The first-order chi connectivity index (χ1) is 49.2. The van der Waals surface area contributed by atoms with Crippen molar-refractivity contribution in [2.75, 3.05) is 52.9 Å². The minimum absolute atomic E-state index is 0.775. The Hall–Kier alpha value is -4.09. The summed E-state index contributed by atoms with van der Waals surface area (Å²) in [5.41, 5.74) is 0. The molecule has 0 spiro atoms. The van der Waals surface area contributed by atoms with E-state index in [0.717, 1.165) is 34.6 Å². The van der Waals surface area contributed by atoms with Gasteiger partial charge in [0.2, 0.25) is 29.5 Å². The molecule has 0 aromatic rings. The number of hydrogen-bond acceptors (Lipinski definition) is 41. The number of carbonyl (C=O) groups is 5. The van der Waals surface area contributed by atoms with E-state index in [0.29, 0.717) is 0 Å². The Morgan fingerprint density at radius 3 is 0.904 bits per heavy atom. The Balaban J connectivity index is 1.18. The summed E-state index contributed by atoms with van der Waals surface area (Å²) in [6.07, 6.45) is -72.0. The number of aliphatic hydroxyl groups is 21. The summed E-state index contributed by atoms with van der Waals surface area (Å²) in [5, 5.41) is 246. The van der Waals surface area contributed by atoms with E-state index in [9.17, 15) is 131 Å². The van der Waals surface area contributed by atoms with E-state index in [1.54, 1.807) is 0 Å². The number of hydrogen-bond donors (Lipinski definition) is 26. The smallest absolute Gasteiger partial charge is 0.217 e. The Morgan fingerprint density at radius 2 is 0.519 bits per heavy atom. The first-order valence-electron chi connectivity index (χ1n) is 33.1. The third-order valence-electron chi connectivity index (χ3n) is 18.7. The topological polar surface area (TPSA) is 709 Å². The summed E-state index contributed by atoms with van der Waals surface area (Å²) < 4.78 is 89.9. The Bertz CT molecular complexity index is 2770. The highest BCUT2D eigenvalue weighted by atomic mass is 16.8. The van der Waals surface area contributed by atoms with Crippen LogP contribution in [0.3, 0.4) is 0 Å². The molecule has 0 radical (unpaired) electrons. The molecule has 0 aliphatic carbocycles. The maximum atomic E-state index is 13.0. The fourth-order valence-corrected chi connectivity index (χ4v) is 13.4. The maximum Gasteiger partial charge on any atom is 0.217 e. The van der Waals surface area contributed by atoms with Crippen LogP contribution < -0.4 is 26.6 Å². The van der Waals surface area contributed by atoms with E-state index in [-0.39, 0.29) is 0 Å². The van der Waals surface area contributed by atoms with E-state index < -0.39 is 328 Å². The van der Waals surface area contributed by atoms with Crippen LogP contribution in [0.5, 0.6) is 0 Å². The van der Waals surface area contributed by atoms with E-state index in [1.807, 2.05) is 0 Å². The molecule has 46 nitrogen and oxygen atoms in total. The van der Waals surface area contributed by atoms with Crippen molar-refractivity contribution in [3.63, 3.8) is 0 Å². The van der Waals surface area contributed by atoms with Gasteiger partial charge in [-0.1, -0.05) is 0 Å². The van der Waals surface area contributed by atoms with Crippen molar-refractivity contribution in [1.82, 2.24) is 26.6 Å². The zero-order chi connectivity index (χ0) is 76.8. The maximum absolute atomic E-state index is 13.0. The van der Waals surface area contributed by atoms with Crippen molar-refractivity contribution in [2.45, 2.75) is 280 Å². The fraction of sp³-hybridized carbons (Fsp3) is 0.914. The Morgan fingerprint density at radius 1 is 0.250 bits per heavy atom. The van der Waals surface area contributed by atoms with Gasteiger partial charge in [-0.25, -0.2) is 0 Å². The lowest BCUT2D eigenvalue weighted by molar-refractivity contribution is -0.398. The zero-order valence-electron chi connectivity index (χ0n) is 56.3. The summed E-state index contributed by atoms with van der Waals surface area (Å²) >= 11 is 0. The number of carbonyl (C=O) groups excluding carboxylic acids is 5. The van der Waals surface area contributed by atoms with Gasteiger partial charge in [-0.2, -0.15) is 0 Å². The normalized spacial score (nSPS) is 47.2. The molecule has 8 fully saturated rings. The van der Waals surface area contributed by atoms with Crippen molar-refractivity contribution in [2.24, 2.45) is 0 Å². The number of nitrogens with one attached hydrogen (secondary N) is 5. The molecule has 0 unspecified atom stereocenters. The van der Waals surface area contributed by atoms with Gasteiger partial charge in [0.25, 0.3) is 0 Å². The molecule has 0 bridgehead atoms. The SMILES string of the molecule is CC(=O)N[C@@H]1[C@@H](O)[C@H](O[C@@H]2O[C@H](CO)[C@@H](O[C@@H]3O[C@H](CO[C@H]4O[C@H](CO)[C@@H](O[C@@H]5O[C@H](CO)[C@@H](O)[C@H](O)[C@H]5NC(C)=O)[C@H](O)[C@@H]4O[C@@H]4O[C@H](CO)[C@@H](O)[C@H](O)[C@H]4NC(C)=O)[C@@H](O)[C@H](O[C@H]4O[C@H](CO)[C@@H](O)[C@H](O)[C@@H]4O[C@@H]4O[C@H](CO)[C@@H](O)[C@H](O)[C@H]4NC(C)=O)[C@@H]3O)[C@H](O)[C@H]2NC(C)=O)[C@@H](CO)O[C@@H]1O. The third kappa shape index (κ3) is 19.2. The number of aliphatic hydroxyl groups excluding tert-OH is 21. The molecule has 0 aromatic heterocycles. The summed E-state index contributed by atoms with van der Waals surface area (Å²) in [6.45, 7) is -3.74. The highest BCUT2D eigenvalue weighted by Crippen LogP contribution is 2.39. The third-order valence-corrected chi connectivity index (χ3v) is 18.7. The van der Waals surface area contributed by atoms with Gasteiger partial charge >= 0.3 is 0 Å². The second-order valence-corrected chi connectivity index (χ2v) is 26.1. The predicted molar refractivity (Wildman–Crippen MR) is 322 cm³/mol. The van der Waals surface area contributed by atoms with Crippen LogP contribution in [0.15, 0.2) is 0 Å². The average molecular weight is 1520 g/mol. The monoisotopic (exact) mass is 1520 g/mol. The van der Waals surface area contributed by atoms with Crippen LogP contribution in [0.2, 0.25) is 0 Å². The molecule has 8 rings (SSSR count). The van der Waals surface area contributed by atoms with Gasteiger partial charge in [0.1, 0.15) is 195 Å². The first-order valence-corrected chi connectivity index (χ1v) is 33.1. The first kappa shape index (κ1) is 85.5. The van der Waals surface area contributed by atoms with Gasteiger partial charge in [-0.3, -0.25) is 24.0 Å². The van der Waals surface area contributed by atoms with E-state index in [4.69, 9.17) is 71.1 Å². The summed E-state index contributed by atoms with van der Waals surface area (Å²) in [4.78, 5) is 62.7. The van der Waals surface area contributed by atoms with Crippen LogP contribution in [0, 0.1) is 0 Å². The molecular formula is C58H97N5O41. The minimum atomic E-state index is -2.53. The molecule has 26 N–H and O–H groups in total. The van der Waals surface area contributed by atoms with Gasteiger partial charge < -0.3 is 205 Å². The molecule has 46 heteroatoms. The van der Waals surface area contributed by atoms with Gasteiger partial charge in [0.15, 0.2) is 50.3 Å². The lowest BCUT2D eigenvalue weighted by Crippen LogP contribution is -2.71. The minimum Gasteiger partial charge on any atom is -0.394 e. The van der Waals surface area contributed by atoms with Gasteiger partial charge in [0, 0.05) is 34.6 Å². The summed E-state index contributed by atoms with van der Waals surface area (Å²) in [7, 11) is 0. The van der Waals surface area contributed by atoms with Crippen molar-refractivity contribution in [3.8, 4) is 0 Å². The number of ether oxygens (including phenoxy) is 15. The number of amides is 5. The molecule has 8 aliphatic rings. The molecule has 40 atom stereocenters. The van der Waals surface area contributed by atoms with Crippen LogP contribution in [-0.4, -0.2) is 435 Å². The van der Waals surface area contributed by atoms with Crippen LogP contribution in [0.25, 0.3) is 0 Å². The summed E-state index contributed by atoms with van der Waals surface area (Å²) in [5.74, 6) is -4.28. The predicted octanol–water partition coefficient (Wildman–Crippen LogP) is -17.7. The molecule has 8 saturated heterocycles. The van der Waals surface area contributed by atoms with Crippen molar-refractivity contribution < 1.29 is 202 Å². The Kier molecular flexibility index (Phi) is 30.9. The van der Waals surface area contributed by atoms with Gasteiger partial charge in [-0.05, 0) is 0 Å². The molecule has 104 heavy (non-hydrogen) atoms. The highest BCUT2D eigenvalue weighted by Gasteiger charge is 2.60. The molecule has 0 aromatic carbocycles. The number of rotatable bonds is 27. The average Bonchev–Trinajstić information content (AvgIpc) is 0.774. The van der Waals surface area contributed by atoms with Crippen LogP contribution in [0.4, 0.5) is 0 Å². The molecule has 5 amide bonds. The lowest BCUT2D eigenvalue weighted by Gasteiger charge is -2.51. The quantitative estimate of drug-likeness (QED) is 0.0363. The van der Waals surface area contributed by atoms with Gasteiger partial charge in [-0.15, -0.1) is 0 Å². The largest absolute Gasteiger partial charge is 0.394 e. The van der Waals surface area contributed by atoms with E-state index in [1.165, 1.54) is 0 Å². The van der Waals surface area contributed by atoms with Crippen molar-refractivity contribution >= 4 is 29.5 Å². The van der Waals surface area contributed by atoms with Gasteiger partial charge in [0.05, 0.1) is 52.9 Å². The molecule has 0 saturated carbocycles. The van der Waals surface area contributed by atoms with Crippen LogP contribution >= 0.6 is 0 Å². The second-order valence-electron chi connectivity index (χ2n) is 26.1. The fourth-order valence-electron chi connectivity index (χ4n) is 13.4. The summed E-state index contributed by atoms with van der Waals surface area (Å²) in [6, 6.07) is -8.85. The van der Waals surface area contributed by atoms with Crippen molar-refractivity contribution in [1.29, 1.82) is 0 Å². The molecule has 8 aliphatic heterocycles. The van der Waals surface area contributed by atoms with Crippen LogP contribution in [0.1, 0.15) is 34.6 Å². The highest BCUT2D eigenvalue weighted by molar-refractivity contribution is 5.75. The molecular weight excluding hydrogens is 1420 g/mol.